The normalized spacial score (nSPS) is 29.4. The molecule has 0 bridgehead atoms. The maximum Gasteiger partial charge on any atom is 0.308 e. The molecule has 1 aromatic rings. The monoisotopic (exact) mass is 385 g/mol. The van der Waals surface area contributed by atoms with Crippen molar-refractivity contribution in [1.82, 2.24) is 4.90 Å². The lowest BCUT2D eigenvalue weighted by Crippen LogP contribution is -2.59. The van der Waals surface area contributed by atoms with Gasteiger partial charge in [0.1, 0.15) is 0 Å². The minimum absolute atomic E-state index is 0.0136. The Bertz CT molecular complexity index is 757. The summed E-state index contributed by atoms with van der Waals surface area (Å²) in [5.74, 6) is 0.751. The first-order valence-electron chi connectivity index (χ1n) is 10.6. The number of aliphatic hydroxyl groups is 1. The van der Waals surface area contributed by atoms with Gasteiger partial charge in [-0.05, 0) is 68.3 Å². The van der Waals surface area contributed by atoms with Crippen LogP contribution in [0.5, 0.6) is 11.5 Å². The smallest absolute Gasteiger partial charge is 0.308 e. The van der Waals surface area contributed by atoms with Crippen molar-refractivity contribution < 1.29 is 19.7 Å². The van der Waals surface area contributed by atoms with E-state index in [9.17, 15) is 15.0 Å². The minimum atomic E-state index is -0.651. The second-order valence-electron chi connectivity index (χ2n) is 8.78. The zero-order chi connectivity index (χ0) is 19.7. The molecule has 1 heterocycles. The lowest BCUT2D eigenvalue weighted by atomic mass is 9.68. The Labute approximate surface area is 167 Å². The van der Waals surface area contributed by atoms with Crippen molar-refractivity contribution in [3.05, 3.63) is 36.0 Å². The summed E-state index contributed by atoms with van der Waals surface area (Å²) in [5.41, 5.74) is 0.340. The van der Waals surface area contributed by atoms with Crippen molar-refractivity contribution in [2.45, 2.75) is 69.9 Å². The highest BCUT2D eigenvalue weighted by atomic mass is 16.5. The van der Waals surface area contributed by atoms with E-state index in [1.54, 1.807) is 12.1 Å². The third-order valence-corrected chi connectivity index (χ3v) is 6.62. The Morgan fingerprint density at radius 1 is 1.29 bits per heavy atom. The number of hydrogen-bond donors (Lipinski definition) is 2. The number of fused-ring (bicyclic) bond motifs is 1. The number of aryl methyl sites for hydroxylation is 1. The first-order chi connectivity index (χ1) is 13.5. The van der Waals surface area contributed by atoms with Crippen LogP contribution < -0.4 is 4.74 Å². The van der Waals surface area contributed by atoms with Gasteiger partial charge in [-0.15, -0.1) is 0 Å². The van der Waals surface area contributed by atoms with Crippen LogP contribution in [0.2, 0.25) is 0 Å². The van der Waals surface area contributed by atoms with Gasteiger partial charge in [-0.25, -0.2) is 0 Å². The summed E-state index contributed by atoms with van der Waals surface area (Å²) in [6, 6.07) is 5.32. The molecule has 3 unspecified atom stereocenters. The topological polar surface area (TPSA) is 70.0 Å². The molecule has 0 saturated heterocycles. The van der Waals surface area contributed by atoms with E-state index in [0.29, 0.717) is 0 Å². The third-order valence-electron chi connectivity index (χ3n) is 6.62. The number of carbonyl (C=O) groups excluding carboxylic acids is 1. The summed E-state index contributed by atoms with van der Waals surface area (Å²) in [6.07, 6.45) is 12.9. The molecule has 2 aliphatic carbocycles. The molecule has 5 nitrogen and oxygen atoms in total. The Kier molecular flexibility index (Phi) is 5.37. The fourth-order valence-electron chi connectivity index (χ4n) is 4.96. The molecular formula is C23H31NO4. The number of hydrogen-bond acceptors (Lipinski definition) is 5. The van der Waals surface area contributed by atoms with Crippen LogP contribution in [-0.2, 0) is 11.2 Å². The summed E-state index contributed by atoms with van der Waals surface area (Å²) in [4.78, 5) is 13.5. The van der Waals surface area contributed by atoms with E-state index >= 15 is 0 Å². The van der Waals surface area contributed by atoms with Crippen molar-refractivity contribution in [1.29, 1.82) is 0 Å². The fourth-order valence-corrected chi connectivity index (χ4v) is 4.96. The SMILES string of the molecule is CC(=O)Oc1ccc(CCC2N(CC3CC3)C=CC3CCCCC32O)cc1O. The second-order valence-corrected chi connectivity index (χ2v) is 8.78. The number of nitrogens with zero attached hydrogens (tertiary/aromatic N) is 1. The molecule has 5 heteroatoms. The Balaban J connectivity index is 1.49. The van der Waals surface area contributed by atoms with Gasteiger partial charge in [-0.1, -0.05) is 25.0 Å². The van der Waals surface area contributed by atoms with Gasteiger partial charge in [-0.2, -0.15) is 0 Å². The van der Waals surface area contributed by atoms with Crippen LogP contribution in [0.15, 0.2) is 30.5 Å². The number of phenolic OH excluding ortho intramolecular Hbond substituents is 1. The quantitative estimate of drug-likeness (QED) is 0.576. The largest absolute Gasteiger partial charge is 0.504 e. The van der Waals surface area contributed by atoms with Crippen molar-refractivity contribution >= 4 is 5.97 Å². The first kappa shape index (κ1) is 19.3. The van der Waals surface area contributed by atoms with Gasteiger partial charge in [0.05, 0.1) is 11.6 Å². The standard InChI is InChI=1S/C23H31NO4/c1-16(25)28-21-9-7-17(14-20(21)26)8-10-22-23(27)12-3-2-4-19(23)11-13-24(22)15-18-5-6-18/h7,9,11,13-14,18-19,22,26-27H,2-6,8,10,12,15H2,1H3. The van der Waals surface area contributed by atoms with Crippen LogP contribution in [-0.4, -0.2) is 39.3 Å². The van der Waals surface area contributed by atoms with Crippen LogP contribution >= 0.6 is 0 Å². The molecular weight excluding hydrogens is 354 g/mol. The van der Waals surface area contributed by atoms with E-state index < -0.39 is 11.6 Å². The van der Waals surface area contributed by atoms with Crippen LogP contribution in [0.3, 0.4) is 0 Å². The van der Waals surface area contributed by atoms with Gasteiger partial charge in [0.2, 0.25) is 0 Å². The molecule has 0 aromatic heterocycles. The van der Waals surface area contributed by atoms with Gasteiger partial charge >= 0.3 is 5.97 Å². The number of benzene rings is 1. The fraction of sp³-hybridized carbons (Fsp3) is 0.609. The molecule has 1 aromatic carbocycles. The molecule has 2 N–H and O–H groups in total. The summed E-state index contributed by atoms with van der Waals surface area (Å²) >= 11 is 0. The van der Waals surface area contributed by atoms with Crippen molar-refractivity contribution in [3.8, 4) is 11.5 Å². The Hall–Kier alpha value is -2.01. The number of carbonyl (C=O) groups is 1. The molecule has 152 valence electrons. The number of esters is 1. The van der Waals surface area contributed by atoms with E-state index in [1.807, 2.05) is 6.07 Å². The van der Waals surface area contributed by atoms with Gasteiger partial charge in [0, 0.05) is 19.4 Å². The predicted octanol–water partition coefficient (Wildman–Crippen LogP) is 3.78. The van der Waals surface area contributed by atoms with Crippen molar-refractivity contribution in [2.75, 3.05) is 6.54 Å². The molecule has 1 aliphatic heterocycles. The summed E-state index contributed by atoms with van der Waals surface area (Å²) < 4.78 is 5.00. The van der Waals surface area contributed by atoms with Crippen LogP contribution in [0, 0.1) is 11.8 Å². The molecule has 4 rings (SSSR count). The Morgan fingerprint density at radius 2 is 2.11 bits per heavy atom. The molecule has 0 spiro atoms. The summed E-state index contributed by atoms with van der Waals surface area (Å²) in [5, 5.41) is 21.8. The predicted molar refractivity (Wildman–Crippen MR) is 107 cm³/mol. The van der Waals surface area contributed by atoms with Crippen LogP contribution in [0.25, 0.3) is 0 Å². The third kappa shape index (κ3) is 4.04. The highest BCUT2D eigenvalue weighted by Crippen LogP contribution is 2.44. The Morgan fingerprint density at radius 3 is 2.82 bits per heavy atom. The summed E-state index contributed by atoms with van der Waals surface area (Å²) in [6.45, 7) is 2.35. The lowest BCUT2D eigenvalue weighted by Gasteiger charge is -2.51. The average molecular weight is 386 g/mol. The van der Waals surface area contributed by atoms with Crippen LogP contribution in [0.1, 0.15) is 57.4 Å². The second kappa shape index (κ2) is 7.78. The van der Waals surface area contributed by atoms with Gasteiger partial charge in [0.25, 0.3) is 0 Å². The zero-order valence-electron chi connectivity index (χ0n) is 16.6. The maximum atomic E-state index is 11.6. The number of rotatable bonds is 6. The lowest BCUT2D eigenvalue weighted by molar-refractivity contribution is -0.132. The van der Waals surface area contributed by atoms with E-state index in [1.165, 1.54) is 26.2 Å². The molecule has 0 amide bonds. The van der Waals surface area contributed by atoms with Crippen molar-refractivity contribution in [3.63, 3.8) is 0 Å². The number of phenols is 1. The molecule has 2 fully saturated rings. The number of ether oxygens (including phenoxy) is 1. The van der Waals surface area contributed by atoms with Gasteiger partial charge in [-0.3, -0.25) is 4.79 Å². The van der Waals surface area contributed by atoms with E-state index in [-0.39, 0.29) is 23.5 Å². The van der Waals surface area contributed by atoms with Crippen molar-refractivity contribution in [2.24, 2.45) is 11.8 Å². The average Bonchev–Trinajstić information content (AvgIpc) is 3.46. The van der Waals surface area contributed by atoms with Gasteiger partial charge in [0.15, 0.2) is 11.5 Å². The van der Waals surface area contributed by atoms with E-state index in [4.69, 9.17) is 4.74 Å². The molecule has 2 saturated carbocycles. The molecule has 0 radical (unpaired) electrons. The van der Waals surface area contributed by atoms with Gasteiger partial charge < -0.3 is 19.8 Å². The molecule has 3 atom stereocenters. The van der Waals surface area contributed by atoms with E-state index in [2.05, 4.69) is 17.2 Å². The highest BCUT2D eigenvalue weighted by molar-refractivity contribution is 5.70. The van der Waals surface area contributed by atoms with E-state index in [0.717, 1.165) is 50.1 Å². The number of aromatic hydroxyl groups is 1. The summed E-state index contributed by atoms with van der Waals surface area (Å²) in [7, 11) is 0. The first-order valence-corrected chi connectivity index (χ1v) is 10.6. The van der Waals surface area contributed by atoms with Crippen LogP contribution in [0.4, 0.5) is 0 Å². The maximum absolute atomic E-state index is 11.6. The molecule has 3 aliphatic rings. The molecule has 28 heavy (non-hydrogen) atoms. The minimum Gasteiger partial charge on any atom is -0.504 e. The highest BCUT2D eigenvalue weighted by Gasteiger charge is 2.48. The zero-order valence-corrected chi connectivity index (χ0v) is 16.6.